The molecule has 0 aliphatic carbocycles. The van der Waals surface area contributed by atoms with Crippen LogP contribution in [-0.2, 0) is 14.3 Å². The van der Waals surface area contributed by atoms with E-state index in [1.807, 2.05) is 0 Å². The number of ether oxygens (including phenoxy) is 2. The van der Waals surface area contributed by atoms with E-state index in [9.17, 15) is 23.2 Å². The number of urea groups is 1. The van der Waals surface area contributed by atoms with Crippen molar-refractivity contribution in [2.24, 2.45) is 0 Å². The van der Waals surface area contributed by atoms with E-state index in [0.29, 0.717) is 6.07 Å². The van der Waals surface area contributed by atoms with Gasteiger partial charge in [-0.3, -0.25) is 0 Å². The highest BCUT2D eigenvalue weighted by Gasteiger charge is 2.30. The fourth-order valence-corrected chi connectivity index (χ4v) is 2.26. The molecule has 0 unspecified atom stereocenters. The summed E-state index contributed by atoms with van der Waals surface area (Å²) in [6.07, 6.45) is 0. The maximum Gasteiger partial charge on any atom is 0.341 e. The second-order valence-corrected chi connectivity index (χ2v) is 5.13. The number of rotatable bonds is 5. The van der Waals surface area contributed by atoms with Crippen LogP contribution in [0.25, 0.3) is 0 Å². The van der Waals surface area contributed by atoms with Crippen molar-refractivity contribution in [1.29, 1.82) is 0 Å². The molecule has 2 amide bonds. The van der Waals surface area contributed by atoms with E-state index in [1.54, 1.807) is 13.8 Å². The summed E-state index contributed by atoms with van der Waals surface area (Å²) in [4.78, 5) is 35.5. The summed E-state index contributed by atoms with van der Waals surface area (Å²) < 4.78 is 36.3. The molecule has 1 atom stereocenters. The van der Waals surface area contributed by atoms with Crippen LogP contribution in [0, 0.1) is 11.6 Å². The van der Waals surface area contributed by atoms with E-state index < -0.39 is 47.8 Å². The molecule has 7 nitrogen and oxygen atoms in total. The van der Waals surface area contributed by atoms with Crippen LogP contribution in [0.4, 0.5) is 13.6 Å². The number of carbonyl (C=O) groups excluding carboxylic acids is 3. The summed E-state index contributed by atoms with van der Waals surface area (Å²) in [6, 6.07) is 1.16. The number of esters is 2. The molecule has 2 rings (SSSR count). The lowest BCUT2D eigenvalue weighted by Gasteiger charge is -2.26. The molecule has 2 N–H and O–H groups in total. The molecule has 1 aromatic carbocycles. The molecule has 0 spiro atoms. The van der Waals surface area contributed by atoms with Crippen molar-refractivity contribution in [2.45, 2.75) is 19.9 Å². The van der Waals surface area contributed by atoms with Crippen molar-refractivity contribution in [2.75, 3.05) is 13.2 Å². The molecule has 1 aliphatic heterocycles. The monoisotopic (exact) mass is 354 g/mol. The van der Waals surface area contributed by atoms with Gasteiger partial charge in [-0.05, 0) is 26.0 Å². The third-order valence-corrected chi connectivity index (χ3v) is 3.36. The standard InChI is InChI=1S/C16H16F2N2O5/c1-3-24-15(22)13-8(2)19-16(23)20-12(13)7-25-14(21)10-5-4-9(17)6-11(10)18/h4-6,8H,3,7H2,1-2H3,(H2,19,20,23)/t8-/m1/s1. The van der Waals surface area contributed by atoms with Gasteiger partial charge < -0.3 is 20.1 Å². The highest BCUT2D eigenvalue weighted by Crippen LogP contribution is 2.16. The van der Waals surface area contributed by atoms with E-state index in [0.717, 1.165) is 12.1 Å². The molecule has 0 fully saturated rings. The second-order valence-electron chi connectivity index (χ2n) is 5.13. The van der Waals surface area contributed by atoms with E-state index in [1.165, 1.54) is 0 Å². The zero-order valence-electron chi connectivity index (χ0n) is 13.5. The summed E-state index contributed by atoms with van der Waals surface area (Å²) >= 11 is 0. The van der Waals surface area contributed by atoms with E-state index in [2.05, 4.69) is 10.6 Å². The van der Waals surface area contributed by atoms with Crippen LogP contribution >= 0.6 is 0 Å². The topological polar surface area (TPSA) is 93.7 Å². The average molecular weight is 354 g/mol. The highest BCUT2D eigenvalue weighted by atomic mass is 19.1. The van der Waals surface area contributed by atoms with Crippen LogP contribution in [0.3, 0.4) is 0 Å². The maximum atomic E-state index is 13.6. The first-order chi connectivity index (χ1) is 11.8. The third-order valence-electron chi connectivity index (χ3n) is 3.36. The van der Waals surface area contributed by atoms with Crippen molar-refractivity contribution in [3.8, 4) is 0 Å². The zero-order valence-corrected chi connectivity index (χ0v) is 13.5. The predicted molar refractivity (Wildman–Crippen MR) is 81.4 cm³/mol. The summed E-state index contributed by atoms with van der Waals surface area (Å²) in [5.41, 5.74) is -0.340. The van der Waals surface area contributed by atoms with Gasteiger partial charge in [-0.15, -0.1) is 0 Å². The number of hydrogen-bond acceptors (Lipinski definition) is 5. The molecule has 25 heavy (non-hydrogen) atoms. The average Bonchev–Trinajstić information content (AvgIpc) is 2.52. The third kappa shape index (κ3) is 4.31. The predicted octanol–water partition coefficient (Wildman–Crippen LogP) is 1.64. The number of carbonyl (C=O) groups is 3. The van der Waals surface area contributed by atoms with Crippen LogP contribution < -0.4 is 10.6 Å². The summed E-state index contributed by atoms with van der Waals surface area (Å²) in [5.74, 6) is -3.65. The smallest absolute Gasteiger partial charge is 0.341 e. The molecule has 0 saturated heterocycles. The van der Waals surface area contributed by atoms with Gasteiger partial charge in [0.05, 0.1) is 29.5 Å². The maximum absolute atomic E-state index is 13.6. The Morgan fingerprint density at radius 1 is 1.20 bits per heavy atom. The van der Waals surface area contributed by atoms with Crippen molar-refractivity contribution in [3.63, 3.8) is 0 Å². The van der Waals surface area contributed by atoms with E-state index >= 15 is 0 Å². The Balaban J connectivity index is 2.19. The Hall–Kier alpha value is -2.97. The molecule has 0 radical (unpaired) electrons. The minimum Gasteiger partial charge on any atom is -0.463 e. The van der Waals surface area contributed by atoms with Gasteiger partial charge in [0.25, 0.3) is 0 Å². The van der Waals surface area contributed by atoms with E-state index in [4.69, 9.17) is 9.47 Å². The lowest BCUT2D eigenvalue weighted by Crippen LogP contribution is -2.50. The Morgan fingerprint density at radius 2 is 1.92 bits per heavy atom. The van der Waals surface area contributed by atoms with Gasteiger partial charge in [-0.2, -0.15) is 0 Å². The fourth-order valence-electron chi connectivity index (χ4n) is 2.26. The van der Waals surface area contributed by atoms with Crippen LogP contribution in [0.5, 0.6) is 0 Å². The van der Waals surface area contributed by atoms with Gasteiger partial charge in [0.15, 0.2) is 0 Å². The molecule has 0 saturated carbocycles. The number of hydrogen-bond donors (Lipinski definition) is 2. The Labute approximate surface area is 142 Å². The van der Waals surface area contributed by atoms with Gasteiger partial charge in [-0.25, -0.2) is 23.2 Å². The fraction of sp³-hybridized carbons (Fsp3) is 0.312. The van der Waals surface area contributed by atoms with Gasteiger partial charge in [-0.1, -0.05) is 0 Å². The van der Waals surface area contributed by atoms with Gasteiger partial charge in [0.2, 0.25) is 0 Å². The minimum absolute atomic E-state index is 0.0329. The molecular weight excluding hydrogens is 338 g/mol. The van der Waals surface area contributed by atoms with Crippen molar-refractivity contribution < 1.29 is 32.6 Å². The molecule has 1 aromatic rings. The number of nitrogens with one attached hydrogen (secondary N) is 2. The summed E-state index contributed by atoms with van der Waals surface area (Å²) in [6.45, 7) is 2.82. The van der Waals surface area contributed by atoms with Crippen molar-refractivity contribution >= 4 is 18.0 Å². The van der Waals surface area contributed by atoms with Crippen LogP contribution in [-0.4, -0.2) is 37.2 Å². The lowest BCUT2D eigenvalue weighted by atomic mass is 10.0. The molecule has 9 heteroatoms. The largest absolute Gasteiger partial charge is 0.463 e. The molecule has 0 bridgehead atoms. The molecule has 1 aliphatic rings. The van der Waals surface area contributed by atoms with Crippen LogP contribution in [0.1, 0.15) is 24.2 Å². The molecule has 0 aromatic heterocycles. The normalized spacial score (nSPS) is 16.8. The first-order valence-corrected chi connectivity index (χ1v) is 7.43. The Morgan fingerprint density at radius 3 is 2.56 bits per heavy atom. The number of amides is 2. The summed E-state index contributed by atoms with van der Waals surface area (Å²) in [5, 5.41) is 4.85. The Kier molecular flexibility index (Phi) is 5.68. The first-order valence-electron chi connectivity index (χ1n) is 7.43. The summed E-state index contributed by atoms with van der Waals surface area (Å²) in [7, 11) is 0. The van der Waals surface area contributed by atoms with Gasteiger partial charge >= 0.3 is 18.0 Å². The number of halogens is 2. The second kappa shape index (κ2) is 7.73. The van der Waals surface area contributed by atoms with Crippen molar-refractivity contribution in [1.82, 2.24) is 10.6 Å². The Bertz CT molecular complexity index is 748. The van der Waals surface area contributed by atoms with Crippen LogP contribution in [0.15, 0.2) is 29.5 Å². The van der Waals surface area contributed by atoms with E-state index in [-0.39, 0.29) is 17.9 Å². The molecule has 134 valence electrons. The van der Waals surface area contributed by atoms with Crippen LogP contribution in [0.2, 0.25) is 0 Å². The lowest BCUT2D eigenvalue weighted by molar-refractivity contribution is -0.139. The quantitative estimate of drug-likeness (QED) is 0.784. The van der Waals surface area contributed by atoms with Gasteiger partial charge in [0, 0.05) is 6.07 Å². The molecule has 1 heterocycles. The molecular formula is C16H16F2N2O5. The first kappa shape index (κ1) is 18.4. The minimum atomic E-state index is -1.08. The number of benzene rings is 1. The highest BCUT2D eigenvalue weighted by molar-refractivity contribution is 5.95. The zero-order chi connectivity index (χ0) is 18.6. The van der Waals surface area contributed by atoms with Gasteiger partial charge in [0.1, 0.15) is 18.2 Å². The van der Waals surface area contributed by atoms with Crippen molar-refractivity contribution in [3.05, 3.63) is 46.7 Å². The SMILES string of the molecule is CCOC(=O)C1=C(COC(=O)c2ccc(F)cc2F)NC(=O)N[C@@H]1C.